The summed E-state index contributed by atoms with van der Waals surface area (Å²) >= 11 is 0. The first kappa shape index (κ1) is 27.1. The van der Waals surface area contributed by atoms with Crippen LogP contribution in [-0.2, 0) is 7.05 Å². The van der Waals surface area contributed by atoms with Crippen molar-refractivity contribution in [1.29, 1.82) is 0 Å². The van der Waals surface area contributed by atoms with Crippen molar-refractivity contribution < 1.29 is 0 Å². The van der Waals surface area contributed by atoms with Crippen molar-refractivity contribution in [3.8, 4) is 50.6 Å². The summed E-state index contributed by atoms with van der Waals surface area (Å²) in [6.45, 7) is 0. The molecule has 9 rings (SSSR count). The highest BCUT2D eigenvalue weighted by atomic mass is 15.1. The molecule has 6 aromatic carbocycles. The van der Waals surface area contributed by atoms with Crippen LogP contribution in [0.25, 0.3) is 83.4 Å². The Bertz CT molecular complexity index is 2500. The fourth-order valence-corrected chi connectivity index (χ4v) is 6.87. The van der Waals surface area contributed by atoms with Crippen LogP contribution in [-0.4, -0.2) is 19.1 Å². The molecule has 0 N–H and O–H groups in total. The number of nitrogens with zero attached hydrogens (tertiary/aromatic N) is 4. The van der Waals surface area contributed by atoms with Crippen LogP contribution in [0, 0.1) is 0 Å². The first-order valence-electron chi connectivity index (χ1n) is 15.9. The standard InChI is InChI=1S/C43H30N4/c1-46-41-18-9-8-17-39(41)45-43(46)32-19-21-36-37-27-31(29-12-4-2-5-13-29)20-22-40(37)47(42(36)28-32)35-25-33(30-14-6-3-7-15-30)24-34(26-35)38-16-10-11-23-44-38/h2-28H,1H3. The molecule has 0 saturated carbocycles. The molecule has 0 amide bonds. The Balaban J connectivity index is 1.35. The van der Waals surface area contributed by atoms with Gasteiger partial charge in [-0.15, -0.1) is 0 Å². The molecule has 0 saturated heterocycles. The fourth-order valence-electron chi connectivity index (χ4n) is 6.87. The molecule has 0 bridgehead atoms. The van der Waals surface area contributed by atoms with Crippen LogP contribution < -0.4 is 0 Å². The molecule has 4 nitrogen and oxygen atoms in total. The maximum atomic E-state index is 5.05. The molecule has 0 atom stereocenters. The van der Waals surface area contributed by atoms with Crippen LogP contribution in [0.4, 0.5) is 0 Å². The predicted octanol–water partition coefficient (Wildman–Crippen LogP) is 10.7. The van der Waals surface area contributed by atoms with Gasteiger partial charge in [-0.25, -0.2) is 4.98 Å². The fraction of sp³-hybridized carbons (Fsp3) is 0.0233. The number of fused-ring (bicyclic) bond motifs is 4. The van der Waals surface area contributed by atoms with Crippen LogP contribution in [0.1, 0.15) is 0 Å². The average molecular weight is 603 g/mol. The lowest BCUT2D eigenvalue weighted by molar-refractivity contribution is 0.959. The third-order valence-corrected chi connectivity index (χ3v) is 9.16. The molecule has 3 heterocycles. The summed E-state index contributed by atoms with van der Waals surface area (Å²) in [5.74, 6) is 0.946. The van der Waals surface area contributed by atoms with Gasteiger partial charge in [0, 0.05) is 40.8 Å². The van der Waals surface area contributed by atoms with E-state index in [4.69, 9.17) is 9.97 Å². The number of hydrogen-bond donors (Lipinski definition) is 0. The Morgan fingerprint density at radius 3 is 1.91 bits per heavy atom. The van der Waals surface area contributed by atoms with Crippen molar-refractivity contribution >= 4 is 32.8 Å². The van der Waals surface area contributed by atoms with Crippen LogP contribution in [0.3, 0.4) is 0 Å². The lowest BCUT2D eigenvalue weighted by atomic mass is 10.00. The molecule has 3 aromatic heterocycles. The quantitative estimate of drug-likeness (QED) is 0.196. The number of hydrogen-bond acceptors (Lipinski definition) is 2. The highest BCUT2D eigenvalue weighted by Crippen LogP contribution is 2.39. The minimum absolute atomic E-state index is 0.944. The van der Waals surface area contributed by atoms with Crippen molar-refractivity contribution in [2.45, 2.75) is 0 Å². The van der Waals surface area contributed by atoms with Crippen LogP contribution in [0.5, 0.6) is 0 Å². The van der Waals surface area contributed by atoms with Crippen molar-refractivity contribution in [3.63, 3.8) is 0 Å². The van der Waals surface area contributed by atoms with E-state index in [9.17, 15) is 0 Å². The smallest absolute Gasteiger partial charge is 0.140 e. The maximum Gasteiger partial charge on any atom is 0.140 e. The van der Waals surface area contributed by atoms with E-state index in [0.29, 0.717) is 0 Å². The Labute approximate surface area is 272 Å². The molecule has 0 radical (unpaired) electrons. The zero-order chi connectivity index (χ0) is 31.3. The van der Waals surface area contributed by atoms with Crippen LogP contribution >= 0.6 is 0 Å². The van der Waals surface area contributed by atoms with Gasteiger partial charge in [0.15, 0.2) is 0 Å². The van der Waals surface area contributed by atoms with Gasteiger partial charge in [0.2, 0.25) is 0 Å². The lowest BCUT2D eigenvalue weighted by Gasteiger charge is -2.14. The molecule has 0 aliphatic heterocycles. The molecule has 0 spiro atoms. The highest BCUT2D eigenvalue weighted by molar-refractivity contribution is 6.11. The molecule has 0 unspecified atom stereocenters. The topological polar surface area (TPSA) is 35.6 Å². The van der Waals surface area contributed by atoms with Crippen molar-refractivity contribution in [2.24, 2.45) is 7.05 Å². The zero-order valence-electron chi connectivity index (χ0n) is 25.9. The van der Waals surface area contributed by atoms with Gasteiger partial charge in [-0.05, 0) is 82.9 Å². The second-order valence-electron chi connectivity index (χ2n) is 12.0. The Hall–Kier alpha value is -6.26. The largest absolute Gasteiger partial charge is 0.327 e. The minimum atomic E-state index is 0.944. The Kier molecular flexibility index (Phi) is 6.32. The van der Waals surface area contributed by atoms with Gasteiger partial charge in [0.25, 0.3) is 0 Å². The van der Waals surface area contributed by atoms with E-state index in [1.54, 1.807) is 0 Å². The van der Waals surface area contributed by atoms with Crippen LogP contribution in [0.2, 0.25) is 0 Å². The van der Waals surface area contributed by atoms with Crippen molar-refractivity contribution in [1.82, 2.24) is 19.1 Å². The summed E-state index contributed by atoms with van der Waals surface area (Å²) in [7, 11) is 2.10. The average Bonchev–Trinajstić information content (AvgIpc) is 3.66. The second kappa shape index (κ2) is 11.0. The first-order valence-corrected chi connectivity index (χ1v) is 15.9. The SMILES string of the molecule is Cn1c(-c2ccc3c4cc(-c5ccccc5)ccc4n(-c4cc(-c5ccccc5)cc(-c5ccccn5)c4)c3c2)nc2ccccc21. The van der Waals surface area contributed by atoms with Crippen LogP contribution in [0.15, 0.2) is 164 Å². The molecule has 0 aliphatic carbocycles. The predicted molar refractivity (Wildman–Crippen MR) is 195 cm³/mol. The lowest BCUT2D eigenvalue weighted by Crippen LogP contribution is -1.97. The van der Waals surface area contributed by atoms with Gasteiger partial charge in [-0.3, -0.25) is 4.98 Å². The number of aromatic nitrogens is 4. The minimum Gasteiger partial charge on any atom is -0.327 e. The first-order chi connectivity index (χ1) is 23.2. The van der Waals surface area contributed by atoms with Crippen molar-refractivity contribution in [2.75, 3.05) is 0 Å². The molecular weight excluding hydrogens is 573 g/mol. The number of imidazole rings is 1. The van der Waals surface area contributed by atoms with E-state index in [1.807, 2.05) is 24.4 Å². The third kappa shape index (κ3) is 4.62. The third-order valence-electron chi connectivity index (χ3n) is 9.16. The molecule has 0 aliphatic rings. The van der Waals surface area contributed by atoms with Gasteiger partial charge in [0.05, 0.1) is 27.8 Å². The van der Waals surface area contributed by atoms with E-state index in [1.165, 1.54) is 27.5 Å². The normalized spacial score (nSPS) is 11.5. The molecule has 222 valence electrons. The number of benzene rings is 6. The van der Waals surface area contributed by atoms with Gasteiger partial charge in [0.1, 0.15) is 5.82 Å². The summed E-state index contributed by atoms with van der Waals surface area (Å²) in [5.41, 5.74) is 13.3. The van der Waals surface area contributed by atoms with Gasteiger partial charge in [-0.2, -0.15) is 0 Å². The summed E-state index contributed by atoms with van der Waals surface area (Å²) < 4.78 is 4.59. The Morgan fingerprint density at radius 2 is 1.15 bits per heavy atom. The number of para-hydroxylation sites is 2. The van der Waals surface area contributed by atoms with Gasteiger partial charge < -0.3 is 9.13 Å². The zero-order valence-corrected chi connectivity index (χ0v) is 25.9. The van der Waals surface area contributed by atoms with Crippen molar-refractivity contribution in [3.05, 3.63) is 164 Å². The highest BCUT2D eigenvalue weighted by Gasteiger charge is 2.18. The molecule has 9 aromatic rings. The summed E-state index contributed by atoms with van der Waals surface area (Å²) in [4.78, 5) is 9.79. The second-order valence-corrected chi connectivity index (χ2v) is 12.0. The van der Waals surface area contributed by atoms with E-state index in [2.05, 4.69) is 156 Å². The Morgan fingerprint density at radius 1 is 0.447 bits per heavy atom. The van der Waals surface area contributed by atoms with E-state index >= 15 is 0 Å². The number of pyridine rings is 1. The van der Waals surface area contributed by atoms with E-state index in [0.717, 1.165) is 56.0 Å². The molecule has 47 heavy (non-hydrogen) atoms. The molecule has 0 fully saturated rings. The van der Waals surface area contributed by atoms with Gasteiger partial charge in [-0.1, -0.05) is 97.1 Å². The van der Waals surface area contributed by atoms with E-state index in [-0.39, 0.29) is 0 Å². The van der Waals surface area contributed by atoms with E-state index < -0.39 is 0 Å². The summed E-state index contributed by atoms with van der Waals surface area (Å²) in [6.07, 6.45) is 1.86. The van der Waals surface area contributed by atoms with Gasteiger partial charge >= 0.3 is 0 Å². The monoisotopic (exact) mass is 602 g/mol. The molecule has 4 heteroatoms. The summed E-state index contributed by atoms with van der Waals surface area (Å²) in [5, 5.41) is 2.41. The summed E-state index contributed by atoms with van der Waals surface area (Å²) in [6, 6.07) is 56.0. The maximum absolute atomic E-state index is 5.05. The number of aryl methyl sites for hydroxylation is 1. The molecular formula is C43H30N4. The number of rotatable bonds is 5.